The van der Waals surface area contributed by atoms with Crippen LogP contribution in [0.3, 0.4) is 0 Å². The molecule has 0 aliphatic heterocycles. The highest BCUT2D eigenvalue weighted by molar-refractivity contribution is 5.57. The molecule has 5 nitrogen and oxygen atoms in total. The van der Waals surface area contributed by atoms with Gasteiger partial charge >= 0.3 is 0 Å². The second-order valence-corrected chi connectivity index (χ2v) is 5.52. The van der Waals surface area contributed by atoms with E-state index in [1.54, 1.807) is 0 Å². The largest absolute Gasteiger partial charge is 0.396 e. The third-order valence-electron chi connectivity index (χ3n) is 3.01. The molecule has 19 heavy (non-hydrogen) atoms. The van der Waals surface area contributed by atoms with E-state index in [0.29, 0.717) is 6.54 Å². The fourth-order valence-electron chi connectivity index (χ4n) is 1.61. The van der Waals surface area contributed by atoms with Crippen LogP contribution >= 0.6 is 0 Å². The Morgan fingerprint density at radius 2 is 1.68 bits per heavy atom. The monoisotopic (exact) mass is 266 g/mol. The van der Waals surface area contributed by atoms with Crippen molar-refractivity contribution in [2.75, 3.05) is 30.3 Å². The summed E-state index contributed by atoms with van der Waals surface area (Å²) in [6, 6.07) is 0. The van der Waals surface area contributed by atoms with Crippen LogP contribution in [0, 0.1) is 12.3 Å². The first-order valence-electron chi connectivity index (χ1n) is 6.89. The molecule has 1 rings (SSSR count). The SMILES string of the molecule is CCNc1nc(CC)nc(NCC(C)(C)CO)c1C. The van der Waals surface area contributed by atoms with Crippen LogP contribution in [0.15, 0.2) is 0 Å². The molecule has 1 aromatic rings. The maximum atomic E-state index is 9.30. The van der Waals surface area contributed by atoms with Crippen molar-refractivity contribution in [3.63, 3.8) is 0 Å². The average Bonchev–Trinajstić information content (AvgIpc) is 2.40. The van der Waals surface area contributed by atoms with Crippen molar-refractivity contribution in [2.45, 2.75) is 41.0 Å². The highest BCUT2D eigenvalue weighted by Crippen LogP contribution is 2.22. The molecule has 3 N–H and O–H groups in total. The van der Waals surface area contributed by atoms with E-state index in [1.165, 1.54) is 0 Å². The molecule has 0 saturated heterocycles. The van der Waals surface area contributed by atoms with Gasteiger partial charge in [0.1, 0.15) is 17.5 Å². The van der Waals surface area contributed by atoms with Gasteiger partial charge in [0, 0.05) is 37.1 Å². The lowest BCUT2D eigenvalue weighted by atomic mass is 9.95. The standard InChI is InChI=1S/C14H26N4O/c1-6-11-17-12(15-7-2)10(3)13(18-11)16-8-14(4,5)9-19/h19H,6-9H2,1-5H3,(H2,15,16,17,18). The number of aliphatic hydroxyl groups is 1. The number of nitrogens with one attached hydrogen (secondary N) is 2. The Balaban J connectivity index is 2.95. The summed E-state index contributed by atoms with van der Waals surface area (Å²) >= 11 is 0. The second kappa shape index (κ2) is 6.70. The second-order valence-electron chi connectivity index (χ2n) is 5.52. The number of hydrogen-bond donors (Lipinski definition) is 3. The molecule has 0 aromatic carbocycles. The molecule has 0 spiro atoms. The summed E-state index contributed by atoms with van der Waals surface area (Å²) in [5.74, 6) is 2.56. The van der Waals surface area contributed by atoms with E-state index in [4.69, 9.17) is 0 Å². The van der Waals surface area contributed by atoms with Gasteiger partial charge in [-0.1, -0.05) is 20.8 Å². The van der Waals surface area contributed by atoms with E-state index in [0.717, 1.165) is 36.0 Å². The van der Waals surface area contributed by atoms with E-state index in [-0.39, 0.29) is 12.0 Å². The molecule has 5 heteroatoms. The highest BCUT2D eigenvalue weighted by Gasteiger charge is 2.18. The summed E-state index contributed by atoms with van der Waals surface area (Å²) in [7, 11) is 0. The van der Waals surface area contributed by atoms with Gasteiger partial charge in [-0.05, 0) is 13.8 Å². The van der Waals surface area contributed by atoms with Crippen LogP contribution in [0.25, 0.3) is 0 Å². The predicted octanol–water partition coefficient (Wildman–Crippen LogP) is 2.21. The molecule has 0 fully saturated rings. The van der Waals surface area contributed by atoms with Gasteiger partial charge in [0.15, 0.2) is 0 Å². The molecule has 1 heterocycles. The number of aliphatic hydroxyl groups excluding tert-OH is 1. The summed E-state index contributed by atoms with van der Waals surface area (Å²) in [4.78, 5) is 9.02. The molecule has 0 aliphatic rings. The molecule has 0 amide bonds. The normalized spacial score (nSPS) is 11.5. The summed E-state index contributed by atoms with van der Waals surface area (Å²) in [6.45, 7) is 11.8. The van der Waals surface area contributed by atoms with Crippen LogP contribution in [-0.4, -0.2) is 34.8 Å². The molecule has 1 aromatic heterocycles. The Hall–Kier alpha value is -1.36. The first kappa shape index (κ1) is 15.7. The van der Waals surface area contributed by atoms with E-state index in [2.05, 4.69) is 27.5 Å². The van der Waals surface area contributed by atoms with Gasteiger partial charge in [-0.15, -0.1) is 0 Å². The third-order valence-corrected chi connectivity index (χ3v) is 3.01. The minimum absolute atomic E-state index is 0.144. The van der Waals surface area contributed by atoms with Gasteiger partial charge in [0.25, 0.3) is 0 Å². The number of anilines is 2. The Bertz CT molecular complexity index is 418. The first-order chi connectivity index (χ1) is 8.93. The Labute approximate surface area is 115 Å². The fraction of sp³-hybridized carbons (Fsp3) is 0.714. The minimum atomic E-state index is -0.165. The van der Waals surface area contributed by atoms with E-state index in [1.807, 2.05) is 27.7 Å². The third kappa shape index (κ3) is 4.35. The topological polar surface area (TPSA) is 70.1 Å². The lowest BCUT2D eigenvalue weighted by Gasteiger charge is -2.23. The maximum Gasteiger partial charge on any atom is 0.134 e. The van der Waals surface area contributed by atoms with Crippen molar-refractivity contribution < 1.29 is 5.11 Å². The Morgan fingerprint density at radius 3 is 2.16 bits per heavy atom. The van der Waals surface area contributed by atoms with Crippen LogP contribution in [-0.2, 0) is 6.42 Å². The van der Waals surface area contributed by atoms with Crippen molar-refractivity contribution in [2.24, 2.45) is 5.41 Å². The van der Waals surface area contributed by atoms with Gasteiger partial charge in [-0.2, -0.15) is 0 Å². The zero-order valence-corrected chi connectivity index (χ0v) is 12.7. The van der Waals surface area contributed by atoms with Gasteiger partial charge in [-0.25, -0.2) is 9.97 Å². The Morgan fingerprint density at radius 1 is 1.11 bits per heavy atom. The predicted molar refractivity (Wildman–Crippen MR) is 79.7 cm³/mol. The number of hydrogen-bond acceptors (Lipinski definition) is 5. The molecule has 0 aliphatic carbocycles. The van der Waals surface area contributed by atoms with Gasteiger partial charge < -0.3 is 15.7 Å². The zero-order valence-electron chi connectivity index (χ0n) is 12.7. The van der Waals surface area contributed by atoms with Crippen LogP contribution in [0.1, 0.15) is 39.1 Å². The molecule has 0 radical (unpaired) electrons. The molecule has 0 atom stereocenters. The quantitative estimate of drug-likeness (QED) is 0.706. The summed E-state index contributed by atoms with van der Waals surface area (Å²) < 4.78 is 0. The number of aryl methyl sites for hydroxylation is 1. The van der Waals surface area contributed by atoms with Crippen molar-refractivity contribution in [3.8, 4) is 0 Å². The molecular formula is C14H26N4O. The van der Waals surface area contributed by atoms with Crippen molar-refractivity contribution in [1.82, 2.24) is 9.97 Å². The van der Waals surface area contributed by atoms with E-state index < -0.39 is 0 Å². The van der Waals surface area contributed by atoms with Gasteiger partial charge in [0.05, 0.1) is 0 Å². The smallest absolute Gasteiger partial charge is 0.134 e. The van der Waals surface area contributed by atoms with E-state index in [9.17, 15) is 5.11 Å². The number of nitrogens with zero attached hydrogens (tertiary/aromatic N) is 2. The van der Waals surface area contributed by atoms with E-state index >= 15 is 0 Å². The number of rotatable bonds is 7. The fourth-order valence-corrected chi connectivity index (χ4v) is 1.61. The molecular weight excluding hydrogens is 240 g/mol. The summed E-state index contributed by atoms with van der Waals surface area (Å²) in [5, 5.41) is 15.9. The lowest BCUT2D eigenvalue weighted by molar-refractivity contribution is 0.170. The molecule has 108 valence electrons. The molecule has 0 bridgehead atoms. The van der Waals surface area contributed by atoms with Crippen LogP contribution in [0.5, 0.6) is 0 Å². The maximum absolute atomic E-state index is 9.30. The summed E-state index contributed by atoms with van der Waals surface area (Å²) in [5.41, 5.74) is 0.857. The Kier molecular flexibility index (Phi) is 5.54. The highest BCUT2D eigenvalue weighted by atomic mass is 16.3. The van der Waals surface area contributed by atoms with Crippen molar-refractivity contribution in [3.05, 3.63) is 11.4 Å². The average molecular weight is 266 g/mol. The lowest BCUT2D eigenvalue weighted by Crippen LogP contribution is -2.27. The van der Waals surface area contributed by atoms with Gasteiger partial charge in [-0.3, -0.25) is 0 Å². The van der Waals surface area contributed by atoms with Crippen LogP contribution < -0.4 is 10.6 Å². The van der Waals surface area contributed by atoms with Gasteiger partial charge in [0.2, 0.25) is 0 Å². The molecule has 0 saturated carbocycles. The van der Waals surface area contributed by atoms with Crippen molar-refractivity contribution in [1.29, 1.82) is 0 Å². The summed E-state index contributed by atoms with van der Waals surface area (Å²) in [6.07, 6.45) is 0.802. The van der Waals surface area contributed by atoms with Crippen LogP contribution in [0.2, 0.25) is 0 Å². The first-order valence-corrected chi connectivity index (χ1v) is 6.89. The molecule has 0 unspecified atom stereocenters. The van der Waals surface area contributed by atoms with Crippen molar-refractivity contribution >= 4 is 11.6 Å². The minimum Gasteiger partial charge on any atom is -0.396 e. The zero-order chi connectivity index (χ0) is 14.5. The number of aromatic nitrogens is 2. The van der Waals surface area contributed by atoms with Crippen LogP contribution in [0.4, 0.5) is 11.6 Å².